The van der Waals surface area contributed by atoms with Crippen LogP contribution in [-0.2, 0) is 7.05 Å². The molecule has 4 rings (SSSR count). The molecule has 104 valence electrons. The van der Waals surface area contributed by atoms with Crippen molar-refractivity contribution in [2.75, 3.05) is 5.32 Å². The molecule has 0 spiro atoms. The van der Waals surface area contributed by atoms with Gasteiger partial charge in [-0.2, -0.15) is 9.47 Å². The van der Waals surface area contributed by atoms with Crippen LogP contribution in [0.2, 0.25) is 0 Å². The Morgan fingerprint density at radius 1 is 1.19 bits per heavy atom. The van der Waals surface area contributed by atoms with E-state index < -0.39 is 0 Å². The minimum absolute atomic E-state index is 0.705. The van der Waals surface area contributed by atoms with Gasteiger partial charge in [-0.3, -0.25) is 9.08 Å². The highest BCUT2D eigenvalue weighted by Crippen LogP contribution is 2.25. The molecule has 0 aromatic carbocycles. The highest BCUT2D eigenvalue weighted by Gasteiger charge is 2.11. The molecule has 4 heterocycles. The first-order valence-electron chi connectivity index (χ1n) is 6.30. The summed E-state index contributed by atoms with van der Waals surface area (Å²) in [5.74, 6) is 0.705. The lowest BCUT2D eigenvalue weighted by Crippen LogP contribution is -1.97. The monoisotopic (exact) mass is 297 g/mol. The number of anilines is 2. The first-order chi connectivity index (χ1) is 10.3. The van der Waals surface area contributed by atoms with Crippen molar-refractivity contribution in [1.29, 1.82) is 0 Å². The van der Waals surface area contributed by atoms with Crippen molar-refractivity contribution in [3.05, 3.63) is 43.2 Å². The largest absolute Gasteiger partial charge is 0.328 e. The summed E-state index contributed by atoms with van der Waals surface area (Å²) in [7, 11) is 1.89. The van der Waals surface area contributed by atoms with Gasteiger partial charge in [-0.05, 0) is 17.6 Å². The summed E-state index contributed by atoms with van der Waals surface area (Å²) >= 11 is 1.38. The molecule has 0 atom stereocenters. The normalized spacial score (nSPS) is 11.1. The first-order valence-corrected chi connectivity index (χ1v) is 7.07. The zero-order chi connectivity index (χ0) is 14.2. The third-order valence-electron chi connectivity index (χ3n) is 3.11. The molecule has 8 heteroatoms. The van der Waals surface area contributed by atoms with Crippen molar-refractivity contribution in [2.45, 2.75) is 0 Å². The van der Waals surface area contributed by atoms with Crippen LogP contribution in [0.3, 0.4) is 0 Å². The van der Waals surface area contributed by atoms with Crippen molar-refractivity contribution in [1.82, 2.24) is 28.5 Å². The van der Waals surface area contributed by atoms with Gasteiger partial charge in [0.2, 0.25) is 0 Å². The summed E-state index contributed by atoms with van der Waals surface area (Å²) in [6.07, 6.45) is 11.0. The maximum atomic E-state index is 4.47. The van der Waals surface area contributed by atoms with E-state index in [0.29, 0.717) is 5.82 Å². The molecule has 21 heavy (non-hydrogen) atoms. The van der Waals surface area contributed by atoms with E-state index in [1.165, 1.54) is 11.5 Å². The molecule has 0 saturated heterocycles. The molecule has 0 aliphatic rings. The number of rotatable bonds is 3. The molecule has 4 aromatic heterocycles. The molecule has 7 nitrogen and oxygen atoms in total. The second-order valence-electron chi connectivity index (χ2n) is 4.52. The molecule has 0 fully saturated rings. The number of fused-ring (bicyclic) bond motifs is 1. The van der Waals surface area contributed by atoms with Crippen LogP contribution in [0.4, 0.5) is 10.8 Å². The summed E-state index contributed by atoms with van der Waals surface area (Å²) in [6, 6.07) is 1.90. The molecule has 0 unspecified atom stereocenters. The molecule has 0 amide bonds. The molecule has 0 saturated carbocycles. The molecule has 0 bridgehead atoms. The first kappa shape index (κ1) is 12.0. The fourth-order valence-electron chi connectivity index (χ4n) is 2.17. The number of aromatic nitrogens is 6. The minimum atomic E-state index is 0.705. The van der Waals surface area contributed by atoms with Gasteiger partial charge in [0, 0.05) is 37.4 Å². The van der Waals surface area contributed by atoms with Crippen molar-refractivity contribution in [3.63, 3.8) is 0 Å². The highest BCUT2D eigenvalue weighted by molar-refractivity contribution is 7.10. The quantitative estimate of drug-likeness (QED) is 0.628. The lowest BCUT2D eigenvalue weighted by molar-refractivity contribution is 0.768. The lowest BCUT2D eigenvalue weighted by Gasteiger charge is -2.04. The van der Waals surface area contributed by atoms with E-state index in [-0.39, 0.29) is 0 Å². The number of imidazole rings is 1. The van der Waals surface area contributed by atoms with E-state index in [2.05, 4.69) is 24.8 Å². The van der Waals surface area contributed by atoms with Crippen LogP contribution in [-0.4, -0.2) is 28.5 Å². The number of nitrogens with zero attached hydrogens (tertiary/aromatic N) is 6. The van der Waals surface area contributed by atoms with Gasteiger partial charge >= 0.3 is 0 Å². The summed E-state index contributed by atoms with van der Waals surface area (Å²) in [6.45, 7) is 0. The van der Waals surface area contributed by atoms with Gasteiger partial charge in [0.25, 0.3) is 0 Å². The van der Waals surface area contributed by atoms with Gasteiger partial charge in [-0.25, -0.2) is 9.97 Å². The van der Waals surface area contributed by atoms with Gasteiger partial charge in [-0.15, -0.1) is 0 Å². The fraction of sp³-hybridized carbons (Fsp3) is 0.0769. The van der Waals surface area contributed by atoms with Crippen molar-refractivity contribution in [3.8, 4) is 11.3 Å². The zero-order valence-corrected chi connectivity index (χ0v) is 11.9. The van der Waals surface area contributed by atoms with E-state index in [9.17, 15) is 0 Å². The zero-order valence-electron chi connectivity index (χ0n) is 11.1. The van der Waals surface area contributed by atoms with E-state index in [4.69, 9.17) is 0 Å². The van der Waals surface area contributed by atoms with E-state index in [1.54, 1.807) is 17.1 Å². The topological polar surface area (TPSA) is 72.9 Å². The summed E-state index contributed by atoms with van der Waals surface area (Å²) in [5, 5.41) is 8.37. The third-order valence-corrected chi connectivity index (χ3v) is 3.77. The summed E-state index contributed by atoms with van der Waals surface area (Å²) in [5.41, 5.74) is 2.76. The van der Waals surface area contributed by atoms with Crippen LogP contribution in [0, 0.1) is 0 Å². The van der Waals surface area contributed by atoms with Gasteiger partial charge in [-0.1, -0.05) is 0 Å². The maximum absolute atomic E-state index is 4.47. The Labute approximate surface area is 124 Å². The average molecular weight is 297 g/mol. The fourth-order valence-corrected chi connectivity index (χ4v) is 2.67. The molecule has 1 N–H and O–H groups in total. The van der Waals surface area contributed by atoms with E-state index in [0.717, 1.165) is 21.9 Å². The van der Waals surface area contributed by atoms with E-state index >= 15 is 0 Å². The third kappa shape index (κ3) is 2.05. The number of hydrogen-bond donors (Lipinski definition) is 1. The predicted octanol–water partition coefficient (Wildman–Crippen LogP) is 2.33. The Morgan fingerprint density at radius 3 is 2.90 bits per heavy atom. The second kappa shape index (κ2) is 4.67. The van der Waals surface area contributed by atoms with Crippen LogP contribution in [0.25, 0.3) is 16.9 Å². The van der Waals surface area contributed by atoms with Gasteiger partial charge < -0.3 is 5.32 Å². The number of nitrogens with one attached hydrogen (secondary N) is 1. The van der Waals surface area contributed by atoms with Crippen LogP contribution in [0.5, 0.6) is 0 Å². The lowest BCUT2D eigenvalue weighted by atomic mass is 10.3. The maximum Gasteiger partial charge on any atom is 0.180 e. The Morgan fingerprint density at radius 2 is 2.14 bits per heavy atom. The molecule has 0 aliphatic heterocycles. The number of aryl methyl sites for hydroxylation is 1. The second-order valence-corrected chi connectivity index (χ2v) is 5.35. The Hall–Kier alpha value is -2.74. The van der Waals surface area contributed by atoms with Gasteiger partial charge in [0.15, 0.2) is 11.5 Å². The van der Waals surface area contributed by atoms with Crippen molar-refractivity contribution < 1.29 is 0 Å². The van der Waals surface area contributed by atoms with Gasteiger partial charge in [0.05, 0.1) is 18.1 Å². The molecular formula is C13H11N7S. The summed E-state index contributed by atoms with van der Waals surface area (Å²) in [4.78, 5) is 8.83. The summed E-state index contributed by atoms with van der Waals surface area (Å²) < 4.78 is 7.83. The van der Waals surface area contributed by atoms with Crippen LogP contribution < -0.4 is 5.32 Å². The number of hydrogen-bond acceptors (Lipinski definition) is 6. The molecule has 0 aliphatic carbocycles. The van der Waals surface area contributed by atoms with Crippen molar-refractivity contribution in [2.24, 2.45) is 7.05 Å². The minimum Gasteiger partial charge on any atom is -0.328 e. The Bertz CT molecular complexity index is 890. The Balaban J connectivity index is 1.82. The van der Waals surface area contributed by atoms with Crippen LogP contribution in [0.15, 0.2) is 43.2 Å². The molecular weight excluding hydrogens is 286 g/mol. The standard InChI is InChI=1S/C13H11N7S/c1-19-8-9(6-16-19)10-7-15-13-12(14-4-5-20(10)13)18-11-2-3-17-21-11/h2-8H,1H3,(H,14,18). The molecule has 0 radical (unpaired) electrons. The highest BCUT2D eigenvalue weighted by atomic mass is 32.1. The van der Waals surface area contributed by atoms with E-state index in [1.807, 2.05) is 42.3 Å². The van der Waals surface area contributed by atoms with Crippen LogP contribution in [0.1, 0.15) is 0 Å². The van der Waals surface area contributed by atoms with Crippen LogP contribution >= 0.6 is 11.5 Å². The SMILES string of the molecule is Cn1cc(-c2cnc3c(Nc4ccns4)nccn23)cn1. The average Bonchev–Trinajstić information content (AvgIpc) is 3.18. The Kier molecular flexibility index (Phi) is 2.68. The molecule has 4 aromatic rings. The van der Waals surface area contributed by atoms with Crippen molar-refractivity contribution >= 4 is 28.0 Å². The smallest absolute Gasteiger partial charge is 0.180 e. The predicted molar refractivity (Wildman–Crippen MR) is 80.6 cm³/mol. The van der Waals surface area contributed by atoms with Gasteiger partial charge in [0.1, 0.15) is 5.00 Å².